The summed E-state index contributed by atoms with van der Waals surface area (Å²) in [5, 5.41) is 0. The maximum atomic E-state index is 12.8. The van der Waals surface area contributed by atoms with Gasteiger partial charge in [-0.05, 0) is 12.1 Å². The number of amides is 3. The summed E-state index contributed by atoms with van der Waals surface area (Å²) >= 11 is 0. The number of carbonyl (C=O) groups excluding carboxylic acids is 3. The molecule has 9 nitrogen and oxygen atoms in total. The minimum Gasteiger partial charge on any atom is -0.377 e. The fourth-order valence-corrected chi connectivity index (χ4v) is 3.28. The molecule has 0 N–H and O–H groups in total. The van der Waals surface area contributed by atoms with Gasteiger partial charge in [0.1, 0.15) is 0 Å². The third kappa shape index (κ3) is 6.09. The molecule has 1 aromatic carbocycles. The number of carbonyl (C=O) groups is 3. The van der Waals surface area contributed by atoms with Crippen LogP contribution in [-0.2, 0) is 23.7 Å². The predicted octanol–water partition coefficient (Wildman–Crippen LogP) is 0.581. The van der Waals surface area contributed by atoms with E-state index in [1.165, 1.54) is 0 Å². The van der Waals surface area contributed by atoms with E-state index < -0.39 is 0 Å². The Morgan fingerprint density at radius 2 is 1.17 bits per heavy atom. The number of fused-ring (bicyclic) bond motifs is 1. The van der Waals surface area contributed by atoms with Crippen LogP contribution in [0.4, 0.5) is 0 Å². The second-order valence-electron chi connectivity index (χ2n) is 6.89. The number of hydrogen-bond acceptors (Lipinski definition) is 7. The first-order valence-electron chi connectivity index (χ1n) is 10.2. The Morgan fingerprint density at radius 1 is 0.733 bits per heavy atom. The number of imide groups is 1. The zero-order valence-electron chi connectivity index (χ0n) is 17.0. The van der Waals surface area contributed by atoms with Crippen molar-refractivity contribution in [2.75, 3.05) is 72.5 Å². The minimum absolute atomic E-state index is 0.0467. The molecule has 0 unspecified atom stereocenters. The number of nitrogens with zero attached hydrogens (tertiary/aromatic N) is 2. The second-order valence-corrected chi connectivity index (χ2v) is 6.89. The van der Waals surface area contributed by atoms with E-state index in [2.05, 4.69) is 0 Å². The van der Waals surface area contributed by atoms with Crippen molar-refractivity contribution < 1.29 is 33.3 Å². The van der Waals surface area contributed by atoms with Gasteiger partial charge in [-0.1, -0.05) is 12.1 Å². The lowest BCUT2D eigenvalue weighted by Gasteiger charge is -2.24. The topological polar surface area (TPSA) is 94.6 Å². The fraction of sp³-hybridized carbons (Fsp3) is 0.571. The maximum absolute atomic E-state index is 12.8. The lowest BCUT2D eigenvalue weighted by Crippen LogP contribution is -2.40. The molecule has 0 spiro atoms. The van der Waals surface area contributed by atoms with Crippen LogP contribution in [0.5, 0.6) is 0 Å². The standard InChI is InChI=1S/C21H28N2O7/c24-19(5-6-23-20(25)17-3-1-2-4-18(17)21(23)26)22-7-9-27-11-13-29-15-16-30-14-12-28-10-8-22/h1-4H,5-16H2. The third-order valence-corrected chi connectivity index (χ3v) is 4.91. The van der Waals surface area contributed by atoms with Crippen molar-refractivity contribution in [3.8, 4) is 0 Å². The van der Waals surface area contributed by atoms with Crippen molar-refractivity contribution in [2.24, 2.45) is 0 Å². The monoisotopic (exact) mass is 420 g/mol. The first-order chi connectivity index (χ1) is 14.7. The Hall–Kier alpha value is -2.33. The zero-order valence-corrected chi connectivity index (χ0v) is 17.0. The SMILES string of the molecule is O=C(CCN1C(=O)c2ccccc2C1=O)N1CCOCCOCCOCCOCC1. The largest absolute Gasteiger partial charge is 0.377 e. The summed E-state index contributed by atoms with van der Waals surface area (Å²) in [6, 6.07) is 6.70. The van der Waals surface area contributed by atoms with Crippen LogP contribution in [0.3, 0.4) is 0 Å². The maximum Gasteiger partial charge on any atom is 0.261 e. The summed E-state index contributed by atoms with van der Waals surface area (Å²) in [7, 11) is 0. The Bertz CT molecular complexity index is 689. The van der Waals surface area contributed by atoms with E-state index in [-0.39, 0.29) is 30.7 Å². The first-order valence-corrected chi connectivity index (χ1v) is 10.2. The summed E-state index contributed by atoms with van der Waals surface area (Å²) in [6.07, 6.45) is 0.0533. The number of ether oxygens (including phenoxy) is 4. The molecule has 0 atom stereocenters. The average molecular weight is 420 g/mol. The van der Waals surface area contributed by atoms with Crippen LogP contribution in [0.25, 0.3) is 0 Å². The van der Waals surface area contributed by atoms with Gasteiger partial charge in [0.2, 0.25) is 5.91 Å². The normalized spacial score (nSPS) is 19.9. The average Bonchev–Trinajstić information content (AvgIpc) is 2.99. The molecular formula is C21H28N2O7. The number of hydrogen-bond donors (Lipinski definition) is 0. The molecule has 1 aromatic rings. The molecule has 30 heavy (non-hydrogen) atoms. The van der Waals surface area contributed by atoms with Gasteiger partial charge in [-0.3, -0.25) is 19.3 Å². The van der Waals surface area contributed by atoms with Crippen molar-refractivity contribution in [1.82, 2.24) is 9.80 Å². The van der Waals surface area contributed by atoms with Gasteiger partial charge in [0.25, 0.3) is 11.8 Å². The van der Waals surface area contributed by atoms with Crippen LogP contribution in [0.2, 0.25) is 0 Å². The van der Waals surface area contributed by atoms with Gasteiger partial charge in [-0.15, -0.1) is 0 Å². The van der Waals surface area contributed by atoms with Crippen LogP contribution >= 0.6 is 0 Å². The van der Waals surface area contributed by atoms with Crippen LogP contribution in [0.15, 0.2) is 24.3 Å². The third-order valence-electron chi connectivity index (χ3n) is 4.91. The molecule has 0 aromatic heterocycles. The number of rotatable bonds is 3. The Morgan fingerprint density at radius 3 is 1.63 bits per heavy atom. The van der Waals surface area contributed by atoms with Gasteiger partial charge in [0.15, 0.2) is 0 Å². The van der Waals surface area contributed by atoms with E-state index in [0.29, 0.717) is 77.1 Å². The van der Waals surface area contributed by atoms with E-state index in [1.807, 2.05) is 0 Å². The summed E-state index contributed by atoms with van der Waals surface area (Å²) in [6.45, 7) is 4.42. The molecule has 164 valence electrons. The van der Waals surface area contributed by atoms with E-state index >= 15 is 0 Å². The van der Waals surface area contributed by atoms with Crippen LogP contribution in [0.1, 0.15) is 27.1 Å². The van der Waals surface area contributed by atoms with Crippen LogP contribution in [-0.4, -0.2) is 100 Å². The quantitative estimate of drug-likeness (QED) is 0.660. The summed E-state index contributed by atoms with van der Waals surface area (Å²) < 4.78 is 21.8. The second kappa shape index (κ2) is 11.8. The van der Waals surface area contributed by atoms with Gasteiger partial charge in [0.05, 0.1) is 64.0 Å². The number of benzene rings is 1. The highest BCUT2D eigenvalue weighted by molar-refractivity contribution is 6.21. The van der Waals surface area contributed by atoms with Gasteiger partial charge in [-0.25, -0.2) is 0 Å². The van der Waals surface area contributed by atoms with Gasteiger partial charge in [-0.2, -0.15) is 0 Å². The lowest BCUT2D eigenvalue weighted by molar-refractivity contribution is -0.133. The van der Waals surface area contributed by atoms with Crippen molar-refractivity contribution in [1.29, 1.82) is 0 Å². The Kier molecular flexibility index (Phi) is 8.76. The van der Waals surface area contributed by atoms with Gasteiger partial charge < -0.3 is 23.8 Å². The smallest absolute Gasteiger partial charge is 0.261 e. The molecule has 2 aliphatic rings. The van der Waals surface area contributed by atoms with Crippen molar-refractivity contribution in [3.63, 3.8) is 0 Å². The highest BCUT2D eigenvalue weighted by Crippen LogP contribution is 2.22. The summed E-state index contributed by atoms with van der Waals surface area (Å²) in [5.74, 6) is -0.866. The molecule has 2 aliphatic heterocycles. The van der Waals surface area contributed by atoms with E-state index in [0.717, 1.165) is 4.90 Å². The predicted molar refractivity (Wildman–Crippen MR) is 106 cm³/mol. The molecule has 3 amide bonds. The van der Waals surface area contributed by atoms with E-state index in [9.17, 15) is 14.4 Å². The van der Waals surface area contributed by atoms with E-state index in [1.54, 1.807) is 29.2 Å². The van der Waals surface area contributed by atoms with Gasteiger partial charge in [0, 0.05) is 26.1 Å². The summed E-state index contributed by atoms with van der Waals surface area (Å²) in [4.78, 5) is 40.4. The molecule has 0 bridgehead atoms. The van der Waals surface area contributed by atoms with Crippen molar-refractivity contribution in [3.05, 3.63) is 35.4 Å². The van der Waals surface area contributed by atoms with E-state index in [4.69, 9.17) is 18.9 Å². The molecule has 9 heteroatoms. The molecule has 3 rings (SSSR count). The molecular weight excluding hydrogens is 392 g/mol. The Labute approximate surface area is 175 Å². The Balaban J connectivity index is 1.51. The highest BCUT2D eigenvalue weighted by Gasteiger charge is 2.35. The summed E-state index contributed by atoms with van der Waals surface area (Å²) in [5.41, 5.74) is 0.769. The molecule has 1 fully saturated rings. The zero-order chi connectivity index (χ0) is 21.2. The molecule has 2 heterocycles. The fourth-order valence-electron chi connectivity index (χ4n) is 3.28. The van der Waals surface area contributed by atoms with Crippen molar-refractivity contribution >= 4 is 17.7 Å². The van der Waals surface area contributed by atoms with Crippen LogP contribution in [0, 0.1) is 0 Å². The first kappa shape index (κ1) is 22.4. The van der Waals surface area contributed by atoms with Gasteiger partial charge >= 0.3 is 0 Å². The molecule has 0 aliphatic carbocycles. The molecule has 0 radical (unpaired) electrons. The minimum atomic E-state index is -0.355. The van der Waals surface area contributed by atoms with Crippen molar-refractivity contribution in [2.45, 2.75) is 6.42 Å². The molecule has 0 saturated carbocycles. The lowest BCUT2D eigenvalue weighted by atomic mass is 10.1. The highest BCUT2D eigenvalue weighted by atomic mass is 16.6. The molecule has 1 saturated heterocycles. The van der Waals surface area contributed by atoms with Crippen LogP contribution < -0.4 is 0 Å².